The van der Waals surface area contributed by atoms with Crippen LogP contribution in [0.5, 0.6) is 5.75 Å². The number of ether oxygens (including phenoxy) is 1. The topological polar surface area (TPSA) is 43.4 Å². The summed E-state index contributed by atoms with van der Waals surface area (Å²) in [4.78, 5) is 0.344. The van der Waals surface area contributed by atoms with Crippen LogP contribution in [0.25, 0.3) is 0 Å². The largest absolute Gasteiger partial charge is 0.497 e. The molecule has 2 rings (SSSR count). The van der Waals surface area contributed by atoms with E-state index in [1.54, 1.807) is 49.6 Å². The average molecular weight is 355 g/mol. The van der Waals surface area contributed by atoms with Gasteiger partial charge in [-0.25, -0.2) is 8.42 Å². The predicted molar refractivity (Wildman–Crippen MR) is 83.0 cm³/mol. The molecule has 2 aromatic carbocycles. The lowest BCUT2D eigenvalue weighted by Gasteiger charge is -2.10. The third-order valence-electron chi connectivity index (χ3n) is 3.01. The molecule has 2 aromatic rings. The number of benzene rings is 2. The third kappa shape index (κ3) is 3.41. The van der Waals surface area contributed by atoms with Gasteiger partial charge >= 0.3 is 0 Å². The van der Waals surface area contributed by atoms with Crippen LogP contribution in [0.1, 0.15) is 11.1 Å². The van der Waals surface area contributed by atoms with Gasteiger partial charge < -0.3 is 4.74 Å². The van der Waals surface area contributed by atoms with Crippen molar-refractivity contribution >= 4 is 25.8 Å². The van der Waals surface area contributed by atoms with Gasteiger partial charge in [-0.1, -0.05) is 40.2 Å². The Bertz CT molecular complexity index is 682. The van der Waals surface area contributed by atoms with Gasteiger partial charge in [-0.15, -0.1) is 0 Å². The Hall–Kier alpha value is -1.33. The lowest BCUT2D eigenvalue weighted by molar-refractivity contribution is 0.414. The molecule has 0 fully saturated rings. The molecule has 0 atom stereocenters. The second-order valence-electron chi connectivity index (χ2n) is 4.34. The highest BCUT2D eigenvalue weighted by atomic mass is 79.9. The number of halogens is 1. The number of hydrogen-bond acceptors (Lipinski definition) is 3. The van der Waals surface area contributed by atoms with Crippen molar-refractivity contribution in [2.45, 2.75) is 16.0 Å². The van der Waals surface area contributed by atoms with Gasteiger partial charge in [-0.2, -0.15) is 0 Å². The van der Waals surface area contributed by atoms with E-state index in [-0.39, 0.29) is 5.75 Å². The Morgan fingerprint density at radius 3 is 2.35 bits per heavy atom. The monoisotopic (exact) mass is 354 g/mol. The Morgan fingerprint density at radius 2 is 1.75 bits per heavy atom. The van der Waals surface area contributed by atoms with E-state index in [1.807, 2.05) is 6.07 Å². The number of hydrogen-bond donors (Lipinski definition) is 0. The van der Waals surface area contributed by atoms with Gasteiger partial charge in [0.05, 0.1) is 17.8 Å². The normalized spacial score (nSPS) is 11.3. The summed E-state index contributed by atoms with van der Waals surface area (Å²) in [5.74, 6) is 0.711. The van der Waals surface area contributed by atoms with Gasteiger partial charge in [0.25, 0.3) is 0 Å². The Balaban J connectivity index is 2.35. The molecule has 0 heterocycles. The maximum atomic E-state index is 12.4. The van der Waals surface area contributed by atoms with Crippen molar-refractivity contribution in [3.63, 3.8) is 0 Å². The summed E-state index contributed by atoms with van der Waals surface area (Å²) in [5.41, 5.74) is 1.70. The summed E-state index contributed by atoms with van der Waals surface area (Å²) >= 11 is 3.39. The molecule has 0 aliphatic heterocycles. The van der Waals surface area contributed by atoms with Gasteiger partial charge in [0.1, 0.15) is 5.75 Å². The number of alkyl halides is 1. The minimum absolute atomic E-state index is 0.0120. The van der Waals surface area contributed by atoms with E-state index < -0.39 is 9.84 Å². The summed E-state index contributed by atoms with van der Waals surface area (Å²) in [6, 6.07) is 13.9. The van der Waals surface area contributed by atoms with E-state index in [0.29, 0.717) is 10.2 Å². The first-order valence-corrected chi connectivity index (χ1v) is 8.84. The molecule has 0 bridgehead atoms. The predicted octanol–water partition coefficient (Wildman–Crippen LogP) is 3.56. The molecule has 20 heavy (non-hydrogen) atoms. The van der Waals surface area contributed by atoms with Gasteiger partial charge in [0, 0.05) is 5.33 Å². The Labute approximate surface area is 127 Å². The van der Waals surface area contributed by atoms with Gasteiger partial charge in [-0.05, 0) is 35.4 Å². The van der Waals surface area contributed by atoms with E-state index in [1.165, 1.54) is 0 Å². The Kier molecular flexibility index (Phi) is 4.83. The molecule has 3 nitrogen and oxygen atoms in total. The number of methoxy groups -OCH3 is 1. The maximum Gasteiger partial charge on any atom is 0.182 e. The first-order chi connectivity index (χ1) is 9.56. The van der Waals surface area contributed by atoms with Crippen molar-refractivity contribution < 1.29 is 13.2 Å². The van der Waals surface area contributed by atoms with E-state index in [0.717, 1.165) is 16.9 Å². The second-order valence-corrected chi connectivity index (χ2v) is 6.89. The molecule has 106 valence electrons. The third-order valence-corrected chi connectivity index (χ3v) is 5.29. The highest BCUT2D eigenvalue weighted by Gasteiger charge is 2.17. The highest BCUT2D eigenvalue weighted by molar-refractivity contribution is 9.08. The molecule has 0 saturated heterocycles. The van der Waals surface area contributed by atoms with Gasteiger partial charge in [0.2, 0.25) is 0 Å². The zero-order valence-electron chi connectivity index (χ0n) is 11.0. The SMILES string of the molecule is COc1ccc(CS(=O)(=O)c2ccccc2)c(CBr)c1. The highest BCUT2D eigenvalue weighted by Crippen LogP contribution is 2.24. The number of rotatable bonds is 5. The van der Waals surface area contributed by atoms with Crippen LogP contribution in [-0.4, -0.2) is 15.5 Å². The molecular formula is C15H15BrO3S. The van der Waals surface area contributed by atoms with Crippen LogP contribution in [0.3, 0.4) is 0 Å². The summed E-state index contributed by atoms with van der Waals surface area (Å²) in [7, 11) is -1.74. The summed E-state index contributed by atoms with van der Waals surface area (Å²) in [6.07, 6.45) is 0. The Morgan fingerprint density at radius 1 is 1.05 bits per heavy atom. The van der Waals surface area contributed by atoms with Crippen LogP contribution >= 0.6 is 15.9 Å². The van der Waals surface area contributed by atoms with Crippen molar-refractivity contribution in [1.82, 2.24) is 0 Å². The summed E-state index contributed by atoms with van der Waals surface area (Å²) in [6.45, 7) is 0. The zero-order chi connectivity index (χ0) is 14.6. The van der Waals surface area contributed by atoms with E-state index in [2.05, 4.69) is 15.9 Å². The fraction of sp³-hybridized carbons (Fsp3) is 0.200. The van der Waals surface area contributed by atoms with Crippen LogP contribution in [0.4, 0.5) is 0 Å². The van der Waals surface area contributed by atoms with E-state index in [4.69, 9.17) is 4.74 Å². The molecule has 0 aromatic heterocycles. The maximum absolute atomic E-state index is 12.4. The van der Waals surface area contributed by atoms with E-state index >= 15 is 0 Å². The standard InChI is InChI=1S/C15H15BrO3S/c1-19-14-8-7-12(13(9-14)10-16)11-20(17,18)15-5-3-2-4-6-15/h2-9H,10-11H2,1H3. The molecule has 0 radical (unpaired) electrons. The molecule has 5 heteroatoms. The van der Waals surface area contributed by atoms with Crippen LogP contribution in [0.2, 0.25) is 0 Å². The minimum Gasteiger partial charge on any atom is -0.497 e. The smallest absolute Gasteiger partial charge is 0.182 e. The quantitative estimate of drug-likeness (QED) is 0.771. The van der Waals surface area contributed by atoms with Crippen molar-refractivity contribution in [2.24, 2.45) is 0 Å². The summed E-state index contributed by atoms with van der Waals surface area (Å²) < 4.78 is 29.9. The van der Waals surface area contributed by atoms with Crippen LogP contribution < -0.4 is 4.74 Å². The fourth-order valence-electron chi connectivity index (χ4n) is 1.91. The second kappa shape index (κ2) is 6.41. The molecule has 0 N–H and O–H groups in total. The fourth-order valence-corrected chi connectivity index (χ4v) is 3.86. The first kappa shape index (κ1) is 15.1. The molecule has 0 aliphatic rings. The van der Waals surface area contributed by atoms with Crippen molar-refractivity contribution in [3.05, 3.63) is 59.7 Å². The molecular weight excluding hydrogens is 340 g/mol. The molecule has 0 saturated carbocycles. The zero-order valence-corrected chi connectivity index (χ0v) is 13.4. The van der Waals surface area contributed by atoms with Gasteiger partial charge in [-0.3, -0.25) is 0 Å². The van der Waals surface area contributed by atoms with Crippen molar-refractivity contribution in [3.8, 4) is 5.75 Å². The molecule has 0 amide bonds. The lowest BCUT2D eigenvalue weighted by Crippen LogP contribution is -2.06. The number of sulfone groups is 1. The molecule has 0 spiro atoms. The van der Waals surface area contributed by atoms with Crippen LogP contribution in [0.15, 0.2) is 53.4 Å². The van der Waals surface area contributed by atoms with Gasteiger partial charge in [0.15, 0.2) is 9.84 Å². The molecule has 0 unspecified atom stereocenters. The van der Waals surface area contributed by atoms with Crippen LogP contribution in [-0.2, 0) is 20.9 Å². The first-order valence-electron chi connectivity index (χ1n) is 6.06. The average Bonchev–Trinajstić information content (AvgIpc) is 2.48. The summed E-state index contributed by atoms with van der Waals surface area (Å²) in [5, 5.41) is 0.587. The van der Waals surface area contributed by atoms with E-state index in [9.17, 15) is 8.42 Å². The minimum atomic E-state index is -3.33. The lowest BCUT2D eigenvalue weighted by atomic mass is 10.1. The molecule has 0 aliphatic carbocycles. The van der Waals surface area contributed by atoms with Crippen molar-refractivity contribution in [2.75, 3.05) is 7.11 Å². The van der Waals surface area contributed by atoms with Crippen molar-refractivity contribution in [1.29, 1.82) is 0 Å². The van der Waals surface area contributed by atoms with Crippen LogP contribution in [0, 0.1) is 0 Å².